The van der Waals surface area contributed by atoms with Crippen LogP contribution in [-0.4, -0.2) is 24.9 Å². The van der Waals surface area contributed by atoms with Crippen LogP contribution in [-0.2, 0) is 14.6 Å². The second-order valence-corrected chi connectivity index (χ2v) is 6.06. The number of nitrogens with two attached hydrogens (primary N) is 1. The van der Waals surface area contributed by atoms with Crippen molar-refractivity contribution in [3.63, 3.8) is 0 Å². The minimum absolute atomic E-state index is 0.367. The maximum atomic E-state index is 11.4. The predicted molar refractivity (Wildman–Crippen MR) is 50.9 cm³/mol. The maximum absolute atomic E-state index is 11.4. The molecule has 0 aliphatic heterocycles. The Morgan fingerprint density at radius 1 is 1.54 bits per heavy atom. The summed E-state index contributed by atoms with van der Waals surface area (Å²) in [7, 11) is -3.18. The Labute approximate surface area is 77.3 Å². The molecule has 5 nitrogen and oxygen atoms in total. The molecule has 0 saturated carbocycles. The van der Waals surface area contributed by atoms with E-state index in [0.717, 1.165) is 0 Å². The number of nitrogen functional groups attached to an aromatic ring is 1. The highest BCUT2D eigenvalue weighted by Crippen LogP contribution is 2.27. The number of rotatable bonds is 2. The number of hydrogen-bond acceptors (Lipinski definition) is 4. The van der Waals surface area contributed by atoms with E-state index in [2.05, 4.69) is 10.2 Å². The highest BCUT2D eigenvalue weighted by atomic mass is 32.2. The number of aromatic nitrogens is 2. The van der Waals surface area contributed by atoms with Crippen molar-refractivity contribution in [2.75, 3.05) is 12.0 Å². The third-order valence-corrected chi connectivity index (χ3v) is 4.20. The van der Waals surface area contributed by atoms with E-state index in [0.29, 0.717) is 11.5 Å². The van der Waals surface area contributed by atoms with Crippen molar-refractivity contribution in [3.05, 3.63) is 11.8 Å². The second kappa shape index (κ2) is 2.73. The summed E-state index contributed by atoms with van der Waals surface area (Å²) < 4.78 is 21.7. The first-order chi connectivity index (χ1) is 5.75. The van der Waals surface area contributed by atoms with E-state index in [4.69, 9.17) is 5.73 Å². The molecular formula is C7H13N3O2S. The third-order valence-electron chi connectivity index (χ3n) is 2.14. The lowest BCUT2D eigenvalue weighted by atomic mass is 10.1. The zero-order valence-corrected chi connectivity index (χ0v) is 8.64. The average molecular weight is 203 g/mol. The highest BCUT2D eigenvalue weighted by Gasteiger charge is 2.34. The number of nitrogens with zero attached hydrogens (tertiary/aromatic N) is 1. The molecule has 1 aromatic heterocycles. The topological polar surface area (TPSA) is 88.8 Å². The fourth-order valence-electron chi connectivity index (χ4n) is 0.835. The number of nitrogens with one attached hydrogen (secondary N) is 1. The molecule has 13 heavy (non-hydrogen) atoms. The Kier molecular flexibility index (Phi) is 2.11. The van der Waals surface area contributed by atoms with Crippen LogP contribution in [0.2, 0.25) is 0 Å². The van der Waals surface area contributed by atoms with Crippen LogP contribution < -0.4 is 5.73 Å². The number of hydrogen-bond donors (Lipinski definition) is 2. The van der Waals surface area contributed by atoms with Gasteiger partial charge in [0.25, 0.3) is 0 Å². The molecule has 0 spiro atoms. The quantitative estimate of drug-likeness (QED) is 0.722. The summed E-state index contributed by atoms with van der Waals surface area (Å²) in [5.41, 5.74) is 5.84. The molecule has 0 amide bonds. The Hall–Kier alpha value is -1.04. The smallest absolute Gasteiger partial charge is 0.158 e. The van der Waals surface area contributed by atoms with Gasteiger partial charge in [0, 0.05) is 12.3 Å². The van der Waals surface area contributed by atoms with Crippen LogP contribution in [0.25, 0.3) is 0 Å². The Morgan fingerprint density at radius 2 is 2.08 bits per heavy atom. The third kappa shape index (κ3) is 1.67. The van der Waals surface area contributed by atoms with Crippen molar-refractivity contribution in [3.8, 4) is 0 Å². The zero-order chi connectivity index (χ0) is 10.3. The fourth-order valence-corrected chi connectivity index (χ4v) is 1.32. The van der Waals surface area contributed by atoms with Gasteiger partial charge in [0.2, 0.25) is 0 Å². The van der Waals surface area contributed by atoms with Crippen molar-refractivity contribution in [2.45, 2.75) is 18.6 Å². The van der Waals surface area contributed by atoms with Gasteiger partial charge < -0.3 is 5.73 Å². The van der Waals surface area contributed by atoms with Crippen LogP contribution in [0.5, 0.6) is 0 Å². The highest BCUT2D eigenvalue weighted by molar-refractivity contribution is 7.91. The standard InChI is InChI=1S/C7H13N3O2S/c1-7(2,13(3,11)12)5-4-6(8)10-9-5/h4H,1-3H3,(H3,8,9,10). The Morgan fingerprint density at radius 3 is 2.38 bits per heavy atom. The minimum atomic E-state index is -3.18. The van der Waals surface area contributed by atoms with E-state index in [9.17, 15) is 8.42 Å². The summed E-state index contributed by atoms with van der Waals surface area (Å²) in [4.78, 5) is 0. The summed E-state index contributed by atoms with van der Waals surface area (Å²) in [6, 6.07) is 1.53. The van der Waals surface area contributed by atoms with Crippen LogP contribution in [0, 0.1) is 0 Å². The molecule has 0 aromatic carbocycles. The molecule has 1 heterocycles. The van der Waals surface area contributed by atoms with Crippen LogP contribution in [0.15, 0.2) is 6.07 Å². The normalized spacial score (nSPS) is 13.2. The molecule has 0 fully saturated rings. The van der Waals surface area contributed by atoms with Gasteiger partial charge in [-0.05, 0) is 13.8 Å². The number of anilines is 1. The largest absolute Gasteiger partial charge is 0.384 e. The summed E-state index contributed by atoms with van der Waals surface area (Å²) in [5, 5.41) is 6.33. The molecule has 74 valence electrons. The fraction of sp³-hybridized carbons (Fsp3) is 0.571. The lowest BCUT2D eigenvalue weighted by Crippen LogP contribution is -2.28. The number of H-pyrrole nitrogens is 1. The van der Waals surface area contributed by atoms with Crippen molar-refractivity contribution < 1.29 is 8.42 Å². The number of aromatic amines is 1. The monoisotopic (exact) mass is 203 g/mol. The maximum Gasteiger partial charge on any atom is 0.158 e. The van der Waals surface area contributed by atoms with Crippen molar-refractivity contribution in [1.82, 2.24) is 10.2 Å². The van der Waals surface area contributed by atoms with E-state index in [1.54, 1.807) is 13.8 Å². The zero-order valence-electron chi connectivity index (χ0n) is 7.83. The molecule has 0 saturated heterocycles. The van der Waals surface area contributed by atoms with Gasteiger partial charge in [0.15, 0.2) is 9.84 Å². The Balaban J connectivity index is 3.23. The predicted octanol–water partition coefficient (Wildman–Crippen LogP) is 0.272. The molecular weight excluding hydrogens is 190 g/mol. The van der Waals surface area contributed by atoms with Crippen molar-refractivity contribution in [1.29, 1.82) is 0 Å². The molecule has 3 N–H and O–H groups in total. The van der Waals surface area contributed by atoms with Gasteiger partial charge in [-0.3, -0.25) is 5.10 Å². The van der Waals surface area contributed by atoms with E-state index in [1.165, 1.54) is 12.3 Å². The molecule has 0 atom stereocenters. The SMILES string of the molecule is CC(C)(c1cc(N)[nH]n1)S(C)(=O)=O. The summed E-state index contributed by atoms with van der Waals surface area (Å²) in [6.45, 7) is 3.19. The van der Waals surface area contributed by atoms with Gasteiger partial charge in [-0.25, -0.2) is 8.42 Å². The van der Waals surface area contributed by atoms with Crippen molar-refractivity contribution in [2.24, 2.45) is 0 Å². The molecule has 0 bridgehead atoms. The number of sulfone groups is 1. The van der Waals surface area contributed by atoms with Crippen LogP contribution in [0.3, 0.4) is 0 Å². The summed E-state index contributed by atoms with van der Waals surface area (Å²) in [6.07, 6.45) is 1.18. The average Bonchev–Trinajstić information content (AvgIpc) is 2.33. The Bertz CT molecular complexity index is 405. The van der Waals surface area contributed by atoms with E-state index in [1.807, 2.05) is 0 Å². The van der Waals surface area contributed by atoms with Crippen molar-refractivity contribution >= 4 is 15.7 Å². The van der Waals surface area contributed by atoms with E-state index >= 15 is 0 Å². The van der Waals surface area contributed by atoms with Crippen LogP contribution in [0.4, 0.5) is 5.82 Å². The first kappa shape index (κ1) is 10.0. The van der Waals surface area contributed by atoms with Gasteiger partial charge in [0.05, 0.1) is 5.69 Å². The summed E-state index contributed by atoms with van der Waals surface area (Å²) in [5.74, 6) is 0.367. The molecule has 0 unspecified atom stereocenters. The molecule has 0 aliphatic rings. The molecule has 1 aromatic rings. The van der Waals surface area contributed by atoms with Gasteiger partial charge in [-0.1, -0.05) is 0 Å². The van der Waals surface area contributed by atoms with E-state index < -0.39 is 14.6 Å². The second-order valence-electron chi connectivity index (χ2n) is 3.49. The molecule has 1 rings (SSSR count). The van der Waals surface area contributed by atoms with Gasteiger partial charge in [0.1, 0.15) is 10.6 Å². The lowest BCUT2D eigenvalue weighted by Gasteiger charge is -2.19. The first-order valence-electron chi connectivity index (χ1n) is 3.76. The molecule has 6 heteroatoms. The van der Waals surface area contributed by atoms with Gasteiger partial charge in [-0.2, -0.15) is 5.10 Å². The molecule has 0 aliphatic carbocycles. The molecule has 0 radical (unpaired) electrons. The van der Waals surface area contributed by atoms with Crippen LogP contribution in [0.1, 0.15) is 19.5 Å². The lowest BCUT2D eigenvalue weighted by molar-refractivity contribution is 0.556. The van der Waals surface area contributed by atoms with Crippen LogP contribution >= 0.6 is 0 Å². The minimum Gasteiger partial charge on any atom is -0.384 e. The van der Waals surface area contributed by atoms with Gasteiger partial charge in [-0.15, -0.1) is 0 Å². The van der Waals surface area contributed by atoms with Gasteiger partial charge >= 0.3 is 0 Å². The first-order valence-corrected chi connectivity index (χ1v) is 5.65. The summed E-state index contributed by atoms with van der Waals surface area (Å²) >= 11 is 0. The van der Waals surface area contributed by atoms with E-state index in [-0.39, 0.29) is 0 Å².